The van der Waals surface area contributed by atoms with Crippen molar-refractivity contribution >= 4 is 17.6 Å². The van der Waals surface area contributed by atoms with Gasteiger partial charge in [0.05, 0.1) is 17.4 Å². The zero-order chi connectivity index (χ0) is 15.8. The number of piperazine rings is 1. The van der Waals surface area contributed by atoms with Crippen LogP contribution in [0.3, 0.4) is 0 Å². The summed E-state index contributed by atoms with van der Waals surface area (Å²) in [6.45, 7) is 10.0. The largest absolute Gasteiger partial charge is 0.465 e. The summed E-state index contributed by atoms with van der Waals surface area (Å²) in [5.74, 6) is 0.488. The zero-order valence-electron chi connectivity index (χ0n) is 13.1. The number of hydrogen-bond acceptors (Lipinski definition) is 4. The average molecular weight is 292 g/mol. The second-order valence-electron chi connectivity index (χ2n) is 6.82. The van der Waals surface area contributed by atoms with Crippen molar-refractivity contribution in [1.29, 1.82) is 0 Å². The van der Waals surface area contributed by atoms with E-state index in [0.717, 1.165) is 5.69 Å². The van der Waals surface area contributed by atoms with E-state index in [2.05, 4.69) is 30.7 Å². The highest BCUT2D eigenvalue weighted by atomic mass is 16.4. The predicted octanol–water partition coefficient (Wildman–Crippen LogP) is 2.27. The lowest BCUT2D eigenvalue weighted by atomic mass is 9.72. The number of carboxylic acid groups (broad SMARTS) is 1. The first-order valence-electron chi connectivity index (χ1n) is 7.12. The third-order valence-corrected chi connectivity index (χ3v) is 4.67. The molecule has 21 heavy (non-hydrogen) atoms. The highest BCUT2D eigenvalue weighted by molar-refractivity contribution is 5.67. The van der Waals surface area contributed by atoms with E-state index in [9.17, 15) is 9.90 Å². The van der Waals surface area contributed by atoms with Crippen LogP contribution in [-0.4, -0.2) is 46.3 Å². The molecule has 1 aromatic heterocycles. The number of anilines is 2. The monoisotopic (exact) mass is 292 g/mol. The third-order valence-electron chi connectivity index (χ3n) is 4.67. The number of nitrogen functional groups attached to an aromatic ring is 1. The molecule has 1 saturated heterocycles. The van der Waals surface area contributed by atoms with Crippen LogP contribution in [0.15, 0.2) is 18.3 Å². The van der Waals surface area contributed by atoms with Gasteiger partial charge in [-0.05, 0) is 24.5 Å². The molecule has 2 heterocycles. The summed E-state index contributed by atoms with van der Waals surface area (Å²) in [6.07, 6.45) is 0.886. The van der Waals surface area contributed by atoms with Crippen LogP contribution in [0.2, 0.25) is 0 Å². The van der Waals surface area contributed by atoms with E-state index in [0.29, 0.717) is 25.5 Å². The summed E-state index contributed by atoms with van der Waals surface area (Å²) in [5.41, 5.74) is 5.95. The molecule has 1 fully saturated rings. The number of nitrogens with two attached hydrogens (primary N) is 1. The summed E-state index contributed by atoms with van der Waals surface area (Å²) in [5, 5.41) is 9.51. The second kappa shape index (κ2) is 5.09. The van der Waals surface area contributed by atoms with E-state index >= 15 is 0 Å². The molecule has 1 aliphatic heterocycles. The van der Waals surface area contributed by atoms with Crippen LogP contribution in [0.4, 0.5) is 16.3 Å². The minimum Gasteiger partial charge on any atom is -0.465 e. The van der Waals surface area contributed by atoms with Crippen molar-refractivity contribution < 1.29 is 9.90 Å². The first-order valence-corrected chi connectivity index (χ1v) is 7.12. The molecule has 0 radical (unpaired) electrons. The average Bonchev–Trinajstić information content (AvgIpc) is 2.37. The Bertz CT molecular complexity index is 523. The molecule has 116 valence electrons. The Morgan fingerprint density at radius 1 is 1.38 bits per heavy atom. The predicted molar refractivity (Wildman–Crippen MR) is 83.5 cm³/mol. The maximum atomic E-state index is 11.6. The molecule has 3 N–H and O–H groups in total. The Hall–Kier alpha value is -1.98. The lowest BCUT2D eigenvalue weighted by molar-refractivity contribution is 0.00745. The number of rotatable bonds is 1. The van der Waals surface area contributed by atoms with Crippen molar-refractivity contribution in [2.24, 2.45) is 5.41 Å². The van der Waals surface area contributed by atoms with E-state index in [1.165, 1.54) is 0 Å². The minimum absolute atomic E-state index is 0.175. The maximum absolute atomic E-state index is 11.6. The molecule has 0 unspecified atom stereocenters. The van der Waals surface area contributed by atoms with Gasteiger partial charge < -0.3 is 15.7 Å². The molecular weight excluding hydrogens is 268 g/mol. The number of carbonyl (C=O) groups is 1. The van der Waals surface area contributed by atoms with Gasteiger partial charge in [0, 0.05) is 19.6 Å². The summed E-state index contributed by atoms with van der Waals surface area (Å²) >= 11 is 0. The van der Waals surface area contributed by atoms with Gasteiger partial charge in [-0.1, -0.05) is 20.8 Å². The highest BCUT2D eigenvalue weighted by Crippen LogP contribution is 2.39. The fraction of sp³-hybridized carbons (Fsp3) is 0.600. The zero-order valence-corrected chi connectivity index (χ0v) is 13.1. The Labute approximate surface area is 125 Å². The second-order valence-corrected chi connectivity index (χ2v) is 6.82. The highest BCUT2D eigenvalue weighted by Gasteiger charge is 2.48. The van der Waals surface area contributed by atoms with Gasteiger partial charge in [0.1, 0.15) is 5.82 Å². The lowest BCUT2D eigenvalue weighted by Crippen LogP contribution is -2.67. The first kappa shape index (κ1) is 15.4. The van der Waals surface area contributed by atoms with Gasteiger partial charge in [-0.2, -0.15) is 0 Å². The van der Waals surface area contributed by atoms with Crippen LogP contribution in [0, 0.1) is 5.41 Å². The Balaban J connectivity index is 2.32. The summed E-state index contributed by atoms with van der Waals surface area (Å²) in [4.78, 5) is 19.4. The van der Waals surface area contributed by atoms with Crippen LogP contribution >= 0.6 is 0 Å². The quantitative estimate of drug-likeness (QED) is 0.829. The van der Waals surface area contributed by atoms with Gasteiger partial charge >= 0.3 is 6.09 Å². The summed E-state index contributed by atoms with van der Waals surface area (Å²) in [7, 11) is 0. The molecule has 6 nitrogen and oxygen atoms in total. The smallest absolute Gasteiger partial charge is 0.407 e. The summed E-state index contributed by atoms with van der Waals surface area (Å²) in [6, 6.07) is 3.70. The van der Waals surface area contributed by atoms with Crippen molar-refractivity contribution in [1.82, 2.24) is 9.88 Å². The van der Waals surface area contributed by atoms with Crippen LogP contribution < -0.4 is 10.6 Å². The molecule has 0 aromatic carbocycles. The maximum Gasteiger partial charge on any atom is 0.407 e. The SMILES string of the molecule is CC(C)(C)[C@@]1(C)CN(c2ccc(N)nc2)CCN1C(=O)O. The Kier molecular flexibility index (Phi) is 3.74. The molecule has 1 amide bonds. The van der Waals surface area contributed by atoms with Crippen LogP contribution in [0.25, 0.3) is 0 Å². The van der Waals surface area contributed by atoms with E-state index in [1.807, 2.05) is 13.0 Å². The molecule has 0 spiro atoms. The molecule has 0 saturated carbocycles. The minimum atomic E-state index is -0.859. The number of aromatic nitrogens is 1. The van der Waals surface area contributed by atoms with Gasteiger partial charge in [-0.3, -0.25) is 4.90 Å². The first-order chi connectivity index (χ1) is 9.65. The Morgan fingerprint density at radius 2 is 2.05 bits per heavy atom. The lowest BCUT2D eigenvalue weighted by Gasteiger charge is -2.54. The molecule has 2 rings (SSSR count). The van der Waals surface area contributed by atoms with Crippen molar-refractivity contribution in [2.75, 3.05) is 30.3 Å². The van der Waals surface area contributed by atoms with Crippen molar-refractivity contribution in [3.8, 4) is 0 Å². The van der Waals surface area contributed by atoms with Crippen LogP contribution in [0.1, 0.15) is 27.7 Å². The van der Waals surface area contributed by atoms with E-state index < -0.39 is 11.6 Å². The van der Waals surface area contributed by atoms with Gasteiger partial charge in [-0.15, -0.1) is 0 Å². The van der Waals surface area contributed by atoms with Gasteiger partial charge in [0.15, 0.2) is 0 Å². The van der Waals surface area contributed by atoms with Crippen molar-refractivity contribution in [2.45, 2.75) is 33.2 Å². The molecular formula is C15H24N4O2. The number of amides is 1. The van der Waals surface area contributed by atoms with E-state index in [1.54, 1.807) is 17.2 Å². The fourth-order valence-corrected chi connectivity index (χ4v) is 2.76. The summed E-state index contributed by atoms with van der Waals surface area (Å²) < 4.78 is 0. The van der Waals surface area contributed by atoms with Crippen LogP contribution in [0.5, 0.6) is 0 Å². The van der Waals surface area contributed by atoms with Crippen LogP contribution in [-0.2, 0) is 0 Å². The number of nitrogens with zero attached hydrogens (tertiary/aromatic N) is 3. The van der Waals surface area contributed by atoms with Gasteiger partial charge in [-0.25, -0.2) is 9.78 Å². The number of hydrogen-bond donors (Lipinski definition) is 2. The molecule has 1 aliphatic rings. The Morgan fingerprint density at radius 3 is 2.52 bits per heavy atom. The molecule has 0 bridgehead atoms. The van der Waals surface area contributed by atoms with E-state index in [-0.39, 0.29) is 5.41 Å². The van der Waals surface area contributed by atoms with Gasteiger partial charge in [0.2, 0.25) is 0 Å². The van der Waals surface area contributed by atoms with Gasteiger partial charge in [0.25, 0.3) is 0 Å². The molecule has 1 atom stereocenters. The molecule has 6 heteroatoms. The third kappa shape index (κ3) is 2.75. The topological polar surface area (TPSA) is 82.7 Å². The molecule has 1 aromatic rings. The normalized spacial score (nSPS) is 23.2. The van der Waals surface area contributed by atoms with Crippen molar-refractivity contribution in [3.63, 3.8) is 0 Å². The van der Waals surface area contributed by atoms with Crippen molar-refractivity contribution in [3.05, 3.63) is 18.3 Å². The van der Waals surface area contributed by atoms with E-state index in [4.69, 9.17) is 5.73 Å². The standard InChI is InChI=1S/C15H24N4O2/c1-14(2,3)15(4)10-18(7-8-19(15)13(20)21)11-5-6-12(16)17-9-11/h5-6,9H,7-8,10H2,1-4H3,(H2,16,17)(H,20,21)/t15-/m1/s1. The number of pyridine rings is 1. The fourth-order valence-electron chi connectivity index (χ4n) is 2.76. The molecule has 0 aliphatic carbocycles.